The molecule has 4 rings (SSSR count). The van der Waals surface area contributed by atoms with E-state index in [1.54, 1.807) is 0 Å². The largest absolute Gasteiger partial charge is 0.392 e. The summed E-state index contributed by atoms with van der Waals surface area (Å²) < 4.78 is 2.28. The first kappa shape index (κ1) is 13.8. The van der Waals surface area contributed by atoms with Gasteiger partial charge in [0.2, 0.25) is 0 Å². The Morgan fingerprint density at radius 2 is 2.09 bits per heavy atom. The molecule has 22 heavy (non-hydrogen) atoms. The van der Waals surface area contributed by atoms with Crippen molar-refractivity contribution in [1.82, 2.24) is 4.57 Å². The molecular formula is C19H21NO2. The SMILES string of the molecule is Cn1c2c(c3ccc(CO)cc31)CCC1=CC(=O)CCC12C. The van der Waals surface area contributed by atoms with Gasteiger partial charge in [-0.25, -0.2) is 0 Å². The van der Waals surface area contributed by atoms with E-state index in [0.29, 0.717) is 6.42 Å². The first-order chi connectivity index (χ1) is 10.5. The van der Waals surface area contributed by atoms with Gasteiger partial charge in [0.25, 0.3) is 0 Å². The zero-order chi connectivity index (χ0) is 15.5. The van der Waals surface area contributed by atoms with Crippen LogP contribution in [0.5, 0.6) is 0 Å². The molecule has 3 nitrogen and oxygen atoms in total. The predicted molar refractivity (Wildman–Crippen MR) is 86.8 cm³/mol. The lowest BCUT2D eigenvalue weighted by molar-refractivity contribution is -0.115. The molecule has 114 valence electrons. The van der Waals surface area contributed by atoms with Crippen molar-refractivity contribution in [3.8, 4) is 0 Å². The van der Waals surface area contributed by atoms with Crippen LogP contribution in [0, 0.1) is 0 Å². The summed E-state index contributed by atoms with van der Waals surface area (Å²) in [7, 11) is 2.12. The van der Waals surface area contributed by atoms with Gasteiger partial charge in [-0.2, -0.15) is 0 Å². The lowest BCUT2D eigenvalue weighted by Gasteiger charge is -2.40. The number of nitrogens with zero attached hydrogens (tertiary/aromatic N) is 1. The summed E-state index contributed by atoms with van der Waals surface area (Å²) in [6.07, 6.45) is 5.42. The molecule has 0 aliphatic heterocycles. The number of hydrogen-bond donors (Lipinski definition) is 1. The van der Waals surface area contributed by atoms with Crippen LogP contribution in [0.1, 0.15) is 43.0 Å². The molecular weight excluding hydrogens is 274 g/mol. The highest BCUT2D eigenvalue weighted by molar-refractivity contribution is 5.93. The van der Waals surface area contributed by atoms with Gasteiger partial charge in [0.1, 0.15) is 0 Å². The molecule has 0 radical (unpaired) electrons. The summed E-state index contributed by atoms with van der Waals surface area (Å²) in [4.78, 5) is 11.8. The molecule has 2 aliphatic carbocycles. The molecule has 1 atom stereocenters. The maximum absolute atomic E-state index is 11.8. The summed E-state index contributed by atoms with van der Waals surface area (Å²) in [5.74, 6) is 0.275. The van der Waals surface area contributed by atoms with E-state index in [1.807, 2.05) is 12.1 Å². The standard InChI is InChI=1S/C19H21NO2/c1-19-8-7-14(22)10-13(19)4-6-16-15-5-3-12(11-21)9-17(15)20(2)18(16)19/h3,5,9-10,21H,4,6-8,11H2,1-2H3. The van der Waals surface area contributed by atoms with Crippen LogP contribution in [0.15, 0.2) is 29.8 Å². The lowest BCUT2D eigenvalue weighted by Crippen LogP contribution is -2.35. The number of fused-ring (bicyclic) bond motifs is 5. The second-order valence-corrected chi connectivity index (χ2v) is 6.86. The van der Waals surface area contributed by atoms with E-state index in [4.69, 9.17) is 0 Å². The van der Waals surface area contributed by atoms with E-state index < -0.39 is 0 Å². The average molecular weight is 295 g/mol. The second kappa shape index (κ2) is 4.56. The topological polar surface area (TPSA) is 42.2 Å². The molecule has 1 aromatic heterocycles. The van der Waals surface area contributed by atoms with Crippen molar-refractivity contribution in [2.24, 2.45) is 7.05 Å². The van der Waals surface area contributed by atoms with Crippen LogP contribution >= 0.6 is 0 Å². The Morgan fingerprint density at radius 1 is 1.27 bits per heavy atom. The second-order valence-electron chi connectivity index (χ2n) is 6.86. The van der Waals surface area contributed by atoms with Gasteiger partial charge in [-0.15, -0.1) is 0 Å². The van der Waals surface area contributed by atoms with Crippen LogP contribution in [0.25, 0.3) is 10.9 Å². The minimum absolute atomic E-state index is 0.0192. The third-order valence-corrected chi connectivity index (χ3v) is 5.63. The monoisotopic (exact) mass is 295 g/mol. The van der Waals surface area contributed by atoms with E-state index in [2.05, 4.69) is 30.7 Å². The van der Waals surface area contributed by atoms with Gasteiger partial charge in [-0.05, 0) is 42.5 Å². The Hall–Kier alpha value is -1.87. The zero-order valence-corrected chi connectivity index (χ0v) is 13.1. The molecule has 1 heterocycles. The quantitative estimate of drug-likeness (QED) is 0.878. The average Bonchev–Trinajstić information content (AvgIpc) is 2.81. The summed E-state index contributed by atoms with van der Waals surface area (Å²) in [5, 5.41) is 10.7. The van der Waals surface area contributed by atoms with E-state index in [-0.39, 0.29) is 17.8 Å². The first-order valence-corrected chi connectivity index (χ1v) is 8.00. The normalized spacial score (nSPS) is 24.1. The van der Waals surface area contributed by atoms with Crippen molar-refractivity contribution in [1.29, 1.82) is 0 Å². The van der Waals surface area contributed by atoms with E-state index in [9.17, 15) is 9.90 Å². The van der Waals surface area contributed by atoms with Crippen LogP contribution in [-0.2, 0) is 30.3 Å². The molecule has 0 spiro atoms. The first-order valence-electron chi connectivity index (χ1n) is 8.00. The fraction of sp³-hybridized carbons (Fsp3) is 0.421. The van der Waals surface area contributed by atoms with Crippen LogP contribution in [-0.4, -0.2) is 15.5 Å². The number of aliphatic hydroxyl groups is 1. The van der Waals surface area contributed by atoms with Crippen LogP contribution < -0.4 is 0 Å². The Labute approximate surface area is 130 Å². The van der Waals surface area contributed by atoms with Crippen LogP contribution in [0.4, 0.5) is 0 Å². The van der Waals surface area contributed by atoms with E-state index in [1.165, 1.54) is 27.7 Å². The Balaban J connectivity index is 2.02. The highest BCUT2D eigenvalue weighted by atomic mass is 16.3. The van der Waals surface area contributed by atoms with E-state index >= 15 is 0 Å². The van der Waals surface area contributed by atoms with Crippen molar-refractivity contribution in [3.05, 3.63) is 46.7 Å². The smallest absolute Gasteiger partial charge is 0.155 e. The number of carbonyl (C=O) groups is 1. The summed E-state index contributed by atoms with van der Waals surface area (Å²) in [6, 6.07) is 6.25. The van der Waals surface area contributed by atoms with Crippen LogP contribution in [0.3, 0.4) is 0 Å². The molecule has 2 aliphatic rings. The molecule has 2 aromatic rings. The van der Waals surface area contributed by atoms with Gasteiger partial charge in [-0.1, -0.05) is 24.6 Å². The number of allylic oxidation sites excluding steroid dienone is 2. The molecule has 1 unspecified atom stereocenters. The number of carbonyl (C=O) groups excluding carboxylic acids is 1. The number of aliphatic hydroxyl groups excluding tert-OH is 1. The minimum Gasteiger partial charge on any atom is -0.392 e. The fourth-order valence-electron chi connectivity index (χ4n) is 4.45. The molecule has 0 bridgehead atoms. The van der Waals surface area contributed by atoms with Crippen molar-refractivity contribution in [2.75, 3.05) is 0 Å². The molecule has 1 aromatic carbocycles. The van der Waals surface area contributed by atoms with Crippen molar-refractivity contribution in [3.63, 3.8) is 0 Å². The van der Waals surface area contributed by atoms with Crippen LogP contribution in [0.2, 0.25) is 0 Å². The molecule has 0 amide bonds. The van der Waals surface area contributed by atoms with Gasteiger partial charge in [0.05, 0.1) is 6.61 Å². The van der Waals surface area contributed by atoms with Gasteiger partial charge in [0.15, 0.2) is 5.78 Å². The van der Waals surface area contributed by atoms with Gasteiger partial charge in [-0.3, -0.25) is 4.79 Å². The Kier molecular flexibility index (Phi) is 2.85. The third kappa shape index (κ3) is 1.69. The molecule has 0 fully saturated rings. The Bertz CT molecular complexity index is 828. The van der Waals surface area contributed by atoms with Gasteiger partial charge >= 0.3 is 0 Å². The molecule has 0 saturated carbocycles. The fourth-order valence-corrected chi connectivity index (χ4v) is 4.45. The predicted octanol–water partition coefficient (Wildman–Crippen LogP) is 3.16. The zero-order valence-electron chi connectivity index (χ0n) is 13.1. The molecule has 3 heteroatoms. The molecule has 0 saturated heterocycles. The van der Waals surface area contributed by atoms with Gasteiger partial charge < -0.3 is 9.67 Å². The maximum Gasteiger partial charge on any atom is 0.155 e. The number of aromatic nitrogens is 1. The summed E-state index contributed by atoms with van der Waals surface area (Å²) >= 11 is 0. The summed E-state index contributed by atoms with van der Waals surface area (Å²) in [6.45, 7) is 2.36. The van der Waals surface area contributed by atoms with Gasteiger partial charge in [0, 0.05) is 35.5 Å². The Morgan fingerprint density at radius 3 is 2.86 bits per heavy atom. The highest BCUT2D eigenvalue weighted by Crippen LogP contribution is 2.49. The summed E-state index contributed by atoms with van der Waals surface area (Å²) in [5.41, 5.74) is 6.21. The maximum atomic E-state index is 11.8. The van der Waals surface area contributed by atoms with Crippen molar-refractivity contribution in [2.45, 2.75) is 44.6 Å². The number of rotatable bonds is 1. The third-order valence-electron chi connectivity index (χ3n) is 5.63. The number of benzene rings is 1. The number of ketones is 1. The number of aryl methyl sites for hydroxylation is 2. The van der Waals surface area contributed by atoms with Crippen molar-refractivity contribution >= 4 is 16.7 Å². The van der Waals surface area contributed by atoms with E-state index in [0.717, 1.165) is 24.8 Å². The highest BCUT2D eigenvalue weighted by Gasteiger charge is 2.42. The molecule has 1 N–H and O–H groups in total. The lowest BCUT2D eigenvalue weighted by atomic mass is 9.65. The minimum atomic E-state index is -0.0192. The number of hydrogen-bond acceptors (Lipinski definition) is 2. The van der Waals surface area contributed by atoms with Crippen molar-refractivity contribution < 1.29 is 9.90 Å².